The van der Waals surface area contributed by atoms with E-state index >= 15 is 0 Å². The molecule has 3 heterocycles. The van der Waals surface area contributed by atoms with E-state index in [0.717, 1.165) is 58.7 Å². The number of carbonyl (C=O) groups excluding carboxylic acids is 1. The molecule has 2 aromatic carbocycles. The highest BCUT2D eigenvalue weighted by Gasteiger charge is 2.32. The lowest BCUT2D eigenvalue weighted by Gasteiger charge is -2.33. The summed E-state index contributed by atoms with van der Waals surface area (Å²) in [4.78, 5) is 28.5. The molecule has 1 aliphatic heterocycles. The van der Waals surface area contributed by atoms with Crippen LogP contribution in [0.4, 0.5) is 4.39 Å². The van der Waals surface area contributed by atoms with Gasteiger partial charge in [-0.3, -0.25) is 4.79 Å². The Balaban J connectivity index is 1.22. The van der Waals surface area contributed by atoms with Gasteiger partial charge in [0.25, 0.3) is 5.91 Å². The molecule has 0 fully saturated rings. The molecule has 0 saturated heterocycles. The summed E-state index contributed by atoms with van der Waals surface area (Å²) in [5.41, 5.74) is 4.21. The van der Waals surface area contributed by atoms with Crippen molar-refractivity contribution < 1.29 is 23.1 Å². The molecule has 7 nitrogen and oxygen atoms in total. The second kappa shape index (κ2) is 8.94. The Labute approximate surface area is 212 Å². The van der Waals surface area contributed by atoms with Crippen molar-refractivity contribution in [1.29, 1.82) is 0 Å². The summed E-state index contributed by atoms with van der Waals surface area (Å²) >= 11 is 0. The van der Waals surface area contributed by atoms with Crippen molar-refractivity contribution in [2.75, 3.05) is 13.2 Å². The maximum absolute atomic E-state index is 13.6. The molecule has 6 rings (SSSR count). The molecule has 4 aromatic rings. The number of rotatable bonds is 6. The molecule has 0 radical (unpaired) electrons. The van der Waals surface area contributed by atoms with E-state index in [1.807, 2.05) is 26.1 Å². The molecule has 0 spiro atoms. The standard InChI is InChI=1S/C29H29FN2O5/c1-29(2)10-8-20-23(37-29)13-24(26-18-4-3-5-19(18)28(34)36-27(20)26)35-15-25(33)31-11-9-16-14-32-22-7-6-17(30)12-21(16)22/h6-7,12-14,32H,3-5,8-11,15H2,1-2H3,(H,31,33). The number of ether oxygens (including phenoxy) is 2. The summed E-state index contributed by atoms with van der Waals surface area (Å²) in [5, 5.41) is 4.47. The van der Waals surface area contributed by atoms with Crippen molar-refractivity contribution in [2.24, 2.45) is 0 Å². The van der Waals surface area contributed by atoms with E-state index < -0.39 is 0 Å². The van der Waals surface area contributed by atoms with Gasteiger partial charge in [-0.05, 0) is 81.7 Å². The van der Waals surface area contributed by atoms with Gasteiger partial charge in [0.1, 0.15) is 28.5 Å². The van der Waals surface area contributed by atoms with Gasteiger partial charge < -0.3 is 24.2 Å². The Hall–Kier alpha value is -3.81. The minimum Gasteiger partial charge on any atom is -0.487 e. The predicted molar refractivity (Wildman–Crippen MR) is 138 cm³/mol. The van der Waals surface area contributed by atoms with E-state index in [0.29, 0.717) is 42.0 Å². The first kappa shape index (κ1) is 23.6. The first-order chi connectivity index (χ1) is 17.8. The number of halogens is 1. The number of H-pyrrole nitrogens is 1. The maximum atomic E-state index is 13.6. The van der Waals surface area contributed by atoms with E-state index in [1.54, 1.807) is 6.07 Å². The number of benzene rings is 2. The zero-order chi connectivity index (χ0) is 25.7. The first-order valence-electron chi connectivity index (χ1n) is 12.8. The Morgan fingerprint density at radius 2 is 2.00 bits per heavy atom. The lowest BCUT2D eigenvalue weighted by atomic mass is 9.91. The fourth-order valence-electron chi connectivity index (χ4n) is 5.56. The third-order valence-corrected chi connectivity index (χ3v) is 7.44. The van der Waals surface area contributed by atoms with Crippen LogP contribution in [-0.2, 0) is 30.5 Å². The number of carbonyl (C=O) groups is 1. The summed E-state index contributed by atoms with van der Waals surface area (Å²) in [6, 6.07) is 6.45. The summed E-state index contributed by atoms with van der Waals surface area (Å²) in [6.45, 7) is 4.25. The molecule has 2 aliphatic rings. The second-order valence-corrected chi connectivity index (χ2v) is 10.5. The molecule has 8 heteroatoms. The lowest BCUT2D eigenvalue weighted by molar-refractivity contribution is -0.123. The Morgan fingerprint density at radius 3 is 2.86 bits per heavy atom. The average molecular weight is 505 g/mol. The van der Waals surface area contributed by atoms with Crippen LogP contribution in [0.3, 0.4) is 0 Å². The van der Waals surface area contributed by atoms with Gasteiger partial charge in [-0.25, -0.2) is 9.18 Å². The molecule has 37 heavy (non-hydrogen) atoms. The van der Waals surface area contributed by atoms with Crippen molar-refractivity contribution in [3.63, 3.8) is 0 Å². The number of amides is 1. The van der Waals surface area contributed by atoms with Crippen LogP contribution in [0.5, 0.6) is 11.5 Å². The van der Waals surface area contributed by atoms with Gasteiger partial charge in [-0.15, -0.1) is 0 Å². The quantitative estimate of drug-likeness (QED) is 0.370. The Bertz CT molecular complexity index is 1600. The minimum atomic E-state index is -0.350. The molecule has 1 amide bonds. The van der Waals surface area contributed by atoms with Crippen LogP contribution < -0.4 is 20.4 Å². The SMILES string of the molecule is CC1(C)CCc2c(cc(OCC(=O)NCCc3c[nH]c4ccc(F)cc34)c3c4c(c(=O)oc23)CCC4)O1. The molecule has 192 valence electrons. The zero-order valence-corrected chi connectivity index (χ0v) is 21.0. The molecular weight excluding hydrogens is 475 g/mol. The van der Waals surface area contributed by atoms with Crippen LogP contribution in [0.25, 0.3) is 21.9 Å². The maximum Gasteiger partial charge on any atom is 0.339 e. The third-order valence-electron chi connectivity index (χ3n) is 7.44. The number of aryl methyl sites for hydroxylation is 2. The summed E-state index contributed by atoms with van der Waals surface area (Å²) in [5.74, 6) is 0.562. The highest BCUT2D eigenvalue weighted by Crippen LogP contribution is 2.44. The Kier molecular flexibility index (Phi) is 5.70. The van der Waals surface area contributed by atoms with Crippen LogP contribution in [-0.4, -0.2) is 29.6 Å². The van der Waals surface area contributed by atoms with E-state index in [2.05, 4.69) is 10.3 Å². The Morgan fingerprint density at radius 1 is 1.16 bits per heavy atom. The number of fused-ring (bicyclic) bond motifs is 6. The monoisotopic (exact) mass is 504 g/mol. The molecule has 1 aliphatic carbocycles. The van der Waals surface area contributed by atoms with Gasteiger partial charge in [-0.2, -0.15) is 0 Å². The van der Waals surface area contributed by atoms with Crippen molar-refractivity contribution in [3.8, 4) is 11.5 Å². The summed E-state index contributed by atoms with van der Waals surface area (Å²) in [6.07, 6.45) is 6.28. The number of aromatic amines is 1. The summed E-state index contributed by atoms with van der Waals surface area (Å²) in [7, 11) is 0. The van der Waals surface area contributed by atoms with Crippen molar-refractivity contribution >= 4 is 27.8 Å². The molecule has 0 unspecified atom stereocenters. The first-order valence-corrected chi connectivity index (χ1v) is 12.8. The molecule has 2 aromatic heterocycles. The van der Waals surface area contributed by atoms with Gasteiger partial charge in [0.05, 0.1) is 5.39 Å². The third kappa shape index (κ3) is 4.34. The van der Waals surface area contributed by atoms with Crippen molar-refractivity contribution in [2.45, 2.75) is 58.0 Å². The predicted octanol–water partition coefficient (Wildman–Crippen LogP) is 4.74. The minimum absolute atomic E-state index is 0.187. The number of hydrogen-bond acceptors (Lipinski definition) is 5. The van der Waals surface area contributed by atoms with Gasteiger partial charge in [0, 0.05) is 40.8 Å². The molecule has 0 atom stereocenters. The summed E-state index contributed by atoms with van der Waals surface area (Å²) < 4.78 is 31.7. The van der Waals surface area contributed by atoms with Gasteiger partial charge in [-0.1, -0.05) is 0 Å². The number of aromatic nitrogens is 1. The van der Waals surface area contributed by atoms with Crippen LogP contribution >= 0.6 is 0 Å². The molecule has 2 N–H and O–H groups in total. The largest absolute Gasteiger partial charge is 0.487 e. The van der Waals surface area contributed by atoms with Crippen LogP contribution in [0.1, 0.15) is 48.9 Å². The van der Waals surface area contributed by atoms with E-state index in [4.69, 9.17) is 13.9 Å². The van der Waals surface area contributed by atoms with E-state index in [9.17, 15) is 14.0 Å². The lowest BCUT2D eigenvalue weighted by Crippen LogP contribution is -2.33. The topological polar surface area (TPSA) is 93.6 Å². The fraction of sp³-hybridized carbons (Fsp3) is 0.379. The molecule has 0 saturated carbocycles. The number of nitrogens with one attached hydrogen (secondary N) is 2. The van der Waals surface area contributed by atoms with Crippen LogP contribution in [0, 0.1) is 5.82 Å². The number of hydrogen-bond donors (Lipinski definition) is 2. The van der Waals surface area contributed by atoms with Gasteiger partial charge in [0.15, 0.2) is 6.61 Å². The fourth-order valence-corrected chi connectivity index (χ4v) is 5.56. The smallest absolute Gasteiger partial charge is 0.339 e. The normalized spacial score (nSPS) is 15.9. The van der Waals surface area contributed by atoms with Gasteiger partial charge in [0.2, 0.25) is 0 Å². The van der Waals surface area contributed by atoms with Gasteiger partial charge >= 0.3 is 5.63 Å². The highest BCUT2D eigenvalue weighted by molar-refractivity contribution is 5.93. The van der Waals surface area contributed by atoms with E-state index in [1.165, 1.54) is 12.1 Å². The van der Waals surface area contributed by atoms with Crippen molar-refractivity contribution in [3.05, 3.63) is 69.0 Å². The van der Waals surface area contributed by atoms with Crippen LogP contribution in [0.15, 0.2) is 39.7 Å². The van der Waals surface area contributed by atoms with Crippen LogP contribution in [0.2, 0.25) is 0 Å². The van der Waals surface area contributed by atoms with Crippen molar-refractivity contribution in [1.82, 2.24) is 10.3 Å². The molecular formula is C29H29FN2O5. The zero-order valence-electron chi connectivity index (χ0n) is 21.0. The van der Waals surface area contributed by atoms with E-state index in [-0.39, 0.29) is 29.6 Å². The average Bonchev–Trinajstić information content (AvgIpc) is 3.50. The highest BCUT2D eigenvalue weighted by atomic mass is 19.1. The second-order valence-electron chi connectivity index (χ2n) is 10.5. The molecule has 0 bridgehead atoms.